The molecule has 1 aliphatic heterocycles. The van der Waals surface area contributed by atoms with Crippen molar-refractivity contribution in [2.24, 2.45) is 0 Å². The van der Waals surface area contributed by atoms with Crippen LogP contribution in [0.4, 0.5) is 10.6 Å². The van der Waals surface area contributed by atoms with Gasteiger partial charge in [0.25, 0.3) is 0 Å². The van der Waals surface area contributed by atoms with E-state index >= 15 is 0 Å². The van der Waals surface area contributed by atoms with Crippen LogP contribution < -0.4 is 4.90 Å². The van der Waals surface area contributed by atoms with Crippen LogP contribution in [-0.4, -0.2) is 76.7 Å². The summed E-state index contributed by atoms with van der Waals surface area (Å²) in [4.78, 5) is 23.9. The number of nitrogens with zero attached hydrogens (tertiary/aromatic N) is 6. The molecule has 9 nitrogen and oxygen atoms in total. The van der Waals surface area contributed by atoms with Gasteiger partial charge in [-0.2, -0.15) is 5.10 Å². The maximum atomic E-state index is 11.5. The van der Waals surface area contributed by atoms with Gasteiger partial charge < -0.3 is 19.6 Å². The summed E-state index contributed by atoms with van der Waals surface area (Å²) in [5.41, 5.74) is 0.735. The lowest BCUT2D eigenvalue weighted by atomic mass is 10.1. The third-order valence-corrected chi connectivity index (χ3v) is 7.13. The Morgan fingerprint density at radius 1 is 1.34 bits per heavy atom. The number of aromatic nitrogens is 4. The molecule has 1 atom stereocenters. The van der Waals surface area contributed by atoms with Crippen LogP contribution in [0.3, 0.4) is 0 Å². The van der Waals surface area contributed by atoms with E-state index in [1.807, 2.05) is 7.05 Å². The molecule has 1 fully saturated rings. The Labute approximate surface area is 172 Å². The number of carbonyl (C=O) groups is 1. The van der Waals surface area contributed by atoms with Gasteiger partial charge in [0, 0.05) is 40.9 Å². The van der Waals surface area contributed by atoms with Crippen LogP contribution in [-0.2, 0) is 11.5 Å². The van der Waals surface area contributed by atoms with Crippen LogP contribution in [0.2, 0.25) is 25.7 Å². The molecular weight excluding hydrogens is 388 g/mol. The first-order valence-electron chi connectivity index (χ1n) is 10.2. The molecular formula is C19H32N6O3Si. The average Bonchev–Trinajstić information content (AvgIpc) is 2.91. The molecule has 0 radical (unpaired) electrons. The molecule has 1 amide bonds. The number of ether oxygens (including phenoxy) is 1. The van der Waals surface area contributed by atoms with Gasteiger partial charge in [0.15, 0.2) is 5.65 Å². The van der Waals surface area contributed by atoms with Crippen molar-refractivity contribution in [1.82, 2.24) is 24.6 Å². The summed E-state index contributed by atoms with van der Waals surface area (Å²) in [6.07, 6.45) is 5.27. The van der Waals surface area contributed by atoms with Crippen LogP contribution in [0, 0.1) is 0 Å². The first-order valence-corrected chi connectivity index (χ1v) is 13.9. The van der Waals surface area contributed by atoms with Crippen molar-refractivity contribution in [3.63, 3.8) is 0 Å². The largest absolute Gasteiger partial charge is 0.465 e. The second kappa shape index (κ2) is 9.08. The van der Waals surface area contributed by atoms with Crippen LogP contribution in [0.5, 0.6) is 0 Å². The van der Waals surface area contributed by atoms with Crippen LogP contribution in [0.1, 0.15) is 19.3 Å². The summed E-state index contributed by atoms with van der Waals surface area (Å²) in [6.45, 7) is 9.14. The van der Waals surface area contributed by atoms with E-state index < -0.39 is 14.2 Å². The lowest BCUT2D eigenvalue weighted by Crippen LogP contribution is -2.43. The van der Waals surface area contributed by atoms with Crippen LogP contribution in [0.15, 0.2) is 12.5 Å². The number of likely N-dealkylation sites (N-methyl/N-ethyl adjacent to an activating group) is 1. The Balaban J connectivity index is 1.74. The van der Waals surface area contributed by atoms with Gasteiger partial charge >= 0.3 is 6.09 Å². The topological polar surface area (TPSA) is 96.6 Å². The molecule has 1 saturated heterocycles. The van der Waals surface area contributed by atoms with Crippen molar-refractivity contribution < 1.29 is 14.6 Å². The normalized spacial score (nSPS) is 18.1. The fourth-order valence-electron chi connectivity index (χ4n) is 3.57. The highest BCUT2D eigenvalue weighted by molar-refractivity contribution is 6.76. The molecule has 3 heterocycles. The van der Waals surface area contributed by atoms with Gasteiger partial charge in [-0.05, 0) is 25.3 Å². The first kappa shape index (κ1) is 21.5. The Morgan fingerprint density at radius 3 is 2.86 bits per heavy atom. The number of carboxylic acid groups (broad SMARTS) is 1. The van der Waals surface area contributed by atoms with Gasteiger partial charge in [0.1, 0.15) is 18.9 Å². The first-order chi connectivity index (χ1) is 13.8. The number of fused-ring (bicyclic) bond motifs is 1. The SMILES string of the molecule is CN(c1ncnc2c1cnn2COCC[Si](C)(C)C)C1CCCCN(C(=O)O)C1. The molecule has 29 heavy (non-hydrogen) atoms. The third-order valence-electron chi connectivity index (χ3n) is 5.42. The summed E-state index contributed by atoms with van der Waals surface area (Å²) in [6, 6.07) is 1.18. The van der Waals surface area contributed by atoms with Gasteiger partial charge in [0.2, 0.25) is 0 Å². The van der Waals surface area contributed by atoms with Gasteiger partial charge in [-0.25, -0.2) is 19.4 Å². The minimum Gasteiger partial charge on any atom is -0.465 e. The Hall–Kier alpha value is -2.20. The molecule has 1 aliphatic rings. The van der Waals surface area contributed by atoms with E-state index in [1.165, 1.54) is 4.90 Å². The van der Waals surface area contributed by atoms with Crippen molar-refractivity contribution in [3.8, 4) is 0 Å². The molecule has 0 aliphatic carbocycles. The van der Waals surface area contributed by atoms with Gasteiger partial charge in [-0.3, -0.25) is 0 Å². The Kier molecular flexibility index (Phi) is 6.73. The molecule has 160 valence electrons. The van der Waals surface area contributed by atoms with Crippen molar-refractivity contribution >= 4 is 31.0 Å². The second-order valence-corrected chi connectivity index (χ2v) is 14.5. The predicted octanol–water partition coefficient (Wildman–Crippen LogP) is 3.11. The molecule has 1 unspecified atom stereocenters. The maximum Gasteiger partial charge on any atom is 0.407 e. The van der Waals surface area contributed by atoms with E-state index in [9.17, 15) is 9.90 Å². The minimum absolute atomic E-state index is 0.0723. The molecule has 10 heteroatoms. The quantitative estimate of drug-likeness (QED) is 0.543. The van der Waals surface area contributed by atoms with Gasteiger partial charge in [-0.1, -0.05) is 19.6 Å². The Bertz CT molecular complexity index is 837. The maximum absolute atomic E-state index is 11.5. The summed E-state index contributed by atoms with van der Waals surface area (Å²) in [7, 11) is 0.845. The third kappa shape index (κ3) is 5.45. The summed E-state index contributed by atoms with van der Waals surface area (Å²) in [5.74, 6) is 0.778. The molecule has 0 bridgehead atoms. The summed E-state index contributed by atoms with van der Waals surface area (Å²) < 4.78 is 7.58. The molecule has 2 aromatic heterocycles. The minimum atomic E-state index is -1.13. The highest BCUT2D eigenvalue weighted by atomic mass is 28.3. The van der Waals surface area contributed by atoms with E-state index in [2.05, 4.69) is 39.6 Å². The highest BCUT2D eigenvalue weighted by Gasteiger charge is 2.26. The predicted molar refractivity (Wildman–Crippen MR) is 115 cm³/mol. The number of amides is 1. The molecule has 2 aromatic rings. The Morgan fingerprint density at radius 2 is 2.14 bits per heavy atom. The van der Waals surface area contributed by atoms with Crippen molar-refractivity contribution in [2.75, 3.05) is 31.6 Å². The average molecular weight is 421 g/mol. The zero-order valence-corrected chi connectivity index (χ0v) is 18.8. The number of hydrogen-bond acceptors (Lipinski definition) is 6. The molecule has 0 saturated carbocycles. The lowest BCUT2D eigenvalue weighted by molar-refractivity contribution is 0.0813. The molecule has 3 rings (SSSR count). The van der Waals surface area contributed by atoms with Gasteiger partial charge in [-0.15, -0.1) is 0 Å². The zero-order chi connectivity index (χ0) is 21.0. The summed E-state index contributed by atoms with van der Waals surface area (Å²) >= 11 is 0. The summed E-state index contributed by atoms with van der Waals surface area (Å²) in [5, 5.41) is 14.7. The fraction of sp³-hybridized carbons (Fsp3) is 0.684. The van der Waals surface area contributed by atoms with E-state index in [0.717, 1.165) is 48.8 Å². The van der Waals surface area contributed by atoms with E-state index in [0.29, 0.717) is 19.8 Å². The highest BCUT2D eigenvalue weighted by Crippen LogP contribution is 2.26. The number of likely N-dealkylation sites (tertiary alicyclic amines) is 1. The monoisotopic (exact) mass is 420 g/mol. The van der Waals surface area contributed by atoms with Crippen LogP contribution >= 0.6 is 0 Å². The van der Waals surface area contributed by atoms with Crippen LogP contribution in [0.25, 0.3) is 11.0 Å². The standard InChI is InChI=1S/C19H32N6O3Si/c1-23(15-7-5-6-8-24(12-15)19(26)27)17-16-11-22-25(18(16)21-13-20-17)14-28-9-10-29(2,3)4/h11,13,15H,5-10,12,14H2,1-4H3,(H,26,27). The number of anilines is 1. The number of hydrogen-bond donors (Lipinski definition) is 1. The lowest BCUT2D eigenvalue weighted by Gasteiger charge is -2.31. The van der Waals surface area contributed by atoms with Crippen molar-refractivity contribution in [1.29, 1.82) is 0 Å². The second-order valence-electron chi connectivity index (χ2n) is 8.92. The van der Waals surface area contributed by atoms with E-state index in [-0.39, 0.29) is 6.04 Å². The van der Waals surface area contributed by atoms with Crippen molar-refractivity contribution in [3.05, 3.63) is 12.5 Å². The number of rotatable bonds is 7. The molecule has 0 spiro atoms. The molecule has 1 N–H and O–H groups in total. The fourth-order valence-corrected chi connectivity index (χ4v) is 4.32. The van der Waals surface area contributed by atoms with E-state index in [4.69, 9.17) is 4.74 Å². The van der Waals surface area contributed by atoms with E-state index in [1.54, 1.807) is 17.2 Å². The zero-order valence-electron chi connectivity index (χ0n) is 17.8. The smallest absolute Gasteiger partial charge is 0.407 e. The van der Waals surface area contributed by atoms with Crippen molar-refractivity contribution in [2.45, 2.75) is 57.7 Å². The van der Waals surface area contributed by atoms with Gasteiger partial charge in [0.05, 0.1) is 11.6 Å². The molecule has 0 aromatic carbocycles.